The van der Waals surface area contributed by atoms with Crippen LogP contribution in [0.4, 0.5) is 0 Å². The lowest BCUT2D eigenvalue weighted by Gasteiger charge is -2.25. The monoisotopic (exact) mass is 362 g/mol. The lowest BCUT2D eigenvalue weighted by atomic mass is 9.91. The number of rotatable bonds is 6. The van der Waals surface area contributed by atoms with E-state index < -0.39 is 0 Å². The van der Waals surface area contributed by atoms with Crippen molar-refractivity contribution in [1.82, 2.24) is 10.3 Å². The zero-order valence-corrected chi connectivity index (χ0v) is 15.9. The first-order chi connectivity index (χ1) is 13.3. The second-order valence-corrected chi connectivity index (χ2v) is 6.97. The van der Waals surface area contributed by atoms with Crippen molar-refractivity contribution in [2.24, 2.45) is 0 Å². The first-order valence-electron chi connectivity index (χ1n) is 9.49. The van der Waals surface area contributed by atoms with E-state index in [1.165, 1.54) is 22.1 Å². The second kappa shape index (κ2) is 7.89. The third kappa shape index (κ3) is 3.58. The number of hydrogen-bond donors (Lipinski definition) is 2. The number of fused-ring (bicyclic) bond motifs is 1. The molecular formula is C23H26N2O2. The van der Waals surface area contributed by atoms with Crippen molar-refractivity contribution in [3.05, 3.63) is 65.9 Å². The normalized spacial score (nSPS) is 17.0. The van der Waals surface area contributed by atoms with Crippen LogP contribution in [0.2, 0.25) is 0 Å². The van der Waals surface area contributed by atoms with Crippen molar-refractivity contribution in [1.29, 1.82) is 0 Å². The minimum atomic E-state index is 0.454. The Hall–Kier alpha value is -2.72. The molecule has 0 aliphatic carbocycles. The maximum atomic E-state index is 5.70. The van der Waals surface area contributed by atoms with Crippen LogP contribution in [0.1, 0.15) is 24.0 Å². The molecule has 4 nitrogen and oxygen atoms in total. The van der Waals surface area contributed by atoms with E-state index in [-0.39, 0.29) is 0 Å². The number of hydrogen-bond acceptors (Lipinski definition) is 3. The van der Waals surface area contributed by atoms with Gasteiger partial charge >= 0.3 is 0 Å². The summed E-state index contributed by atoms with van der Waals surface area (Å²) >= 11 is 0. The molecule has 1 unspecified atom stereocenters. The quantitative estimate of drug-likeness (QED) is 0.675. The smallest absolute Gasteiger partial charge is 0.164 e. The van der Waals surface area contributed by atoms with Crippen LogP contribution in [-0.4, -0.2) is 31.8 Å². The number of aromatic amines is 1. The molecule has 0 bridgehead atoms. The minimum absolute atomic E-state index is 0.454. The SMILES string of the molecule is COc1cc2[nH]ccc2c(CCC2CC(c3ccccc3)=CCN2)c1OC. The Morgan fingerprint density at radius 2 is 1.93 bits per heavy atom. The fraction of sp³-hybridized carbons (Fsp3) is 0.304. The van der Waals surface area contributed by atoms with E-state index in [1.807, 2.05) is 12.3 Å². The number of H-pyrrole nitrogens is 1. The van der Waals surface area contributed by atoms with Crippen LogP contribution in [0.3, 0.4) is 0 Å². The highest BCUT2D eigenvalue weighted by molar-refractivity contribution is 5.87. The van der Waals surface area contributed by atoms with Gasteiger partial charge in [-0.1, -0.05) is 36.4 Å². The molecule has 1 atom stereocenters. The van der Waals surface area contributed by atoms with Gasteiger partial charge < -0.3 is 19.8 Å². The molecule has 2 aromatic carbocycles. The molecule has 1 aliphatic rings. The Balaban J connectivity index is 1.54. The van der Waals surface area contributed by atoms with Crippen molar-refractivity contribution >= 4 is 16.5 Å². The molecule has 0 saturated heterocycles. The van der Waals surface area contributed by atoms with Gasteiger partial charge in [0.15, 0.2) is 11.5 Å². The highest BCUT2D eigenvalue weighted by Gasteiger charge is 2.20. The maximum Gasteiger partial charge on any atom is 0.164 e. The van der Waals surface area contributed by atoms with E-state index in [1.54, 1.807) is 14.2 Å². The maximum absolute atomic E-state index is 5.70. The van der Waals surface area contributed by atoms with Gasteiger partial charge in [-0.05, 0) is 36.5 Å². The number of ether oxygens (including phenoxy) is 2. The first kappa shape index (κ1) is 17.7. The molecule has 1 aromatic heterocycles. The highest BCUT2D eigenvalue weighted by atomic mass is 16.5. The van der Waals surface area contributed by atoms with Gasteiger partial charge in [0.05, 0.1) is 14.2 Å². The lowest BCUT2D eigenvalue weighted by Crippen LogP contribution is -2.33. The van der Waals surface area contributed by atoms with Crippen molar-refractivity contribution in [3.63, 3.8) is 0 Å². The zero-order chi connectivity index (χ0) is 18.6. The van der Waals surface area contributed by atoms with Crippen LogP contribution in [-0.2, 0) is 6.42 Å². The average molecular weight is 362 g/mol. The third-order valence-electron chi connectivity index (χ3n) is 5.41. The topological polar surface area (TPSA) is 46.3 Å². The van der Waals surface area contributed by atoms with Crippen molar-refractivity contribution in [2.45, 2.75) is 25.3 Å². The first-order valence-corrected chi connectivity index (χ1v) is 9.49. The molecule has 4 rings (SSSR count). The second-order valence-electron chi connectivity index (χ2n) is 6.97. The predicted molar refractivity (Wildman–Crippen MR) is 111 cm³/mol. The Kier molecular flexibility index (Phi) is 5.16. The molecule has 0 spiro atoms. The van der Waals surface area contributed by atoms with Gasteiger partial charge in [-0.2, -0.15) is 0 Å². The Morgan fingerprint density at radius 3 is 2.70 bits per heavy atom. The van der Waals surface area contributed by atoms with E-state index in [0.717, 1.165) is 42.8 Å². The summed E-state index contributed by atoms with van der Waals surface area (Å²) in [5.41, 5.74) is 5.06. The lowest BCUT2D eigenvalue weighted by molar-refractivity contribution is 0.351. The number of aryl methyl sites for hydroxylation is 1. The summed E-state index contributed by atoms with van der Waals surface area (Å²) in [7, 11) is 3.41. The number of aromatic nitrogens is 1. The molecule has 140 valence electrons. The van der Waals surface area contributed by atoms with E-state index in [0.29, 0.717) is 6.04 Å². The van der Waals surface area contributed by atoms with Crippen molar-refractivity contribution in [3.8, 4) is 11.5 Å². The number of nitrogens with one attached hydrogen (secondary N) is 2. The highest BCUT2D eigenvalue weighted by Crippen LogP contribution is 2.38. The predicted octanol–water partition coefficient (Wildman–Crippen LogP) is 4.56. The van der Waals surface area contributed by atoms with E-state index in [4.69, 9.17) is 9.47 Å². The molecule has 2 N–H and O–H groups in total. The molecular weight excluding hydrogens is 336 g/mol. The van der Waals surface area contributed by atoms with Crippen LogP contribution >= 0.6 is 0 Å². The summed E-state index contributed by atoms with van der Waals surface area (Å²) in [6.45, 7) is 0.920. The number of methoxy groups -OCH3 is 2. The van der Waals surface area contributed by atoms with Crippen LogP contribution in [0.5, 0.6) is 11.5 Å². The fourth-order valence-corrected chi connectivity index (χ4v) is 4.04. The van der Waals surface area contributed by atoms with Gasteiger partial charge in [0.1, 0.15) is 0 Å². The summed E-state index contributed by atoms with van der Waals surface area (Å²) in [5, 5.41) is 4.85. The molecule has 0 radical (unpaired) electrons. The fourth-order valence-electron chi connectivity index (χ4n) is 4.04. The van der Waals surface area contributed by atoms with Gasteiger partial charge in [0.2, 0.25) is 0 Å². The standard InChI is InChI=1S/C23H26N2O2/c1-26-22-15-21-19(11-13-25-21)20(23(22)27-2)9-8-18-14-17(10-12-24-18)16-6-4-3-5-7-16/h3-7,10-11,13,15,18,24-25H,8-9,12,14H2,1-2H3. The summed E-state index contributed by atoms with van der Waals surface area (Å²) in [6.07, 6.45) is 7.32. The van der Waals surface area contributed by atoms with Gasteiger partial charge in [0, 0.05) is 41.3 Å². The molecule has 0 amide bonds. The van der Waals surface area contributed by atoms with Crippen LogP contribution in [0.25, 0.3) is 16.5 Å². The van der Waals surface area contributed by atoms with Gasteiger partial charge in [-0.3, -0.25) is 0 Å². The van der Waals surface area contributed by atoms with Gasteiger partial charge in [0.25, 0.3) is 0 Å². The molecule has 0 saturated carbocycles. The van der Waals surface area contributed by atoms with Gasteiger partial charge in [-0.15, -0.1) is 0 Å². The molecule has 3 aromatic rings. The van der Waals surface area contributed by atoms with Crippen LogP contribution in [0, 0.1) is 0 Å². The Bertz CT molecular complexity index is 944. The van der Waals surface area contributed by atoms with E-state index in [2.05, 4.69) is 52.8 Å². The summed E-state index contributed by atoms with van der Waals surface area (Å²) in [6, 6.07) is 15.3. The molecule has 1 aliphatic heterocycles. The third-order valence-corrected chi connectivity index (χ3v) is 5.41. The molecule has 4 heteroatoms. The molecule has 0 fully saturated rings. The van der Waals surface area contributed by atoms with Crippen LogP contribution in [0.15, 0.2) is 54.7 Å². The van der Waals surface area contributed by atoms with E-state index >= 15 is 0 Å². The van der Waals surface area contributed by atoms with Crippen molar-refractivity contribution in [2.75, 3.05) is 20.8 Å². The number of benzene rings is 2. The largest absolute Gasteiger partial charge is 0.493 e. The van der Waals surface area contributed by atoms with Crippen molar-refractivity contribution < 1.29 is 9.47 Å². The van der Waals surface area contributed by atoms with Gasteiger partial charge in [-0.25, -0.2) is 0 Å². The summed E-state index contributed by atoms with van der Waals surface area (Å²) < 4.78 is 11.3. The average Bonchev–Trinajstić information content (AvgIpc) is 3.20. The Morgan fingerprint density at radius 1 is 1.07 bits per heavy atom. The van der Waals surface area contributed by atoms with E-state index in [9.17, 15) is 0 Å². The Labute approximate surface area is 160 Å². The minimum Gasteiger partial charge on any atom is -0.493 e. The molecule has 2 heterocycles. The summed E-state index contributed by atoms with van der Waals surface area (Å²) in [4.78, 5) is 3.29. The zero-order valence-electron chi connectivity index (χ0n) is 15.9. The molecule has 27 heavy (non-hydrogen) atoms. The summed E-state index contributed by atoms with van der Waals surface area (Å²) in [5.74, 6) is 1.63. The van der Waals surface area contributed by atoms with Crippen LogP contribution < -0.4 is 14.8 Å².